The van der Waals surface area contributed by atoms with Crippen molar-refractivity contribution in [3.8, 4) is 5.75 Å². The summed E-state index contributed by atoms with van der Waals surface area (Å²) in [5.41, 5.74) is 1.66. The van der Waals surface area contributed by atoms with E-state index in [4.69, 9.17) is 4.74 Å². The summed E-state index contributed by atoms with van der Waals surface area (Å²) in [4.78, 5) is 23.9. The number of piperidine rings is 1. The maximum absolute atomic E-state index is 12.8. The van der Waals surface area contributed by atoms with E-state index in [2.05, 4.69) is 5.32 Å². The molecule has 0 spiro atoms. The number of benzene rings is 2. The summed E-state index contributed by atoms with van der Waals surface area (Å²) in [6.07, 6.45) is 2.81. The molecule has 2 aromatic carbocycles. The Labute approximate surface area is 177 Å². The molecule has 2 aromatic rings. The Bertz CT molecular complexity index is 1040. The van der Waals surface area contributed by atoms with Crippen LogP contribution in [0.3, 0.4) is 0 Å². The fourth-order valence-corrected chi connectivity index (χ4v) is 4.96. The van der Waals surface area contributed by atoms with Gasteiger partial charge in [0.25, 0.3) is 5.91 Å². The molecule has 7 nitrogen and oxygen atoms in total. The van der Waals surface area contributed by atoms with Gasteiger partial charge in [0.15, 0.2) is 12.4 Å². The minimum Gasteiger partial charge on any atom is -0.483 e. The Hall–Kier alpha value is -2.71. The van der Waals surface area contributed by atoms with Gasteiger partial charge in [-0.25, -0.2) is 8.42 Å². The van der Waals surface area contributed by atoms with Crippen molar-refractivity contribution in [1.82, 2.24) is 4.31 Å². The summed E-state index contributed by atoms with van der Waals surface area (Å²) in [7, 11) is -3.51. The van der Waals surface area contributed by atoms with E-state index in [1.165, 1.54) is 17.3 Å². The number of hydrogen-bond donors (Lipinski definition) is 1. The number of amides is 1. The molecule has 1 aliphatic rings. The van der Waals surface area contributed by atoms with E-state index in [0.29, 0.717) is 35.7 Å². The van der Waals surface area contributed by atoms with E-state index < -0.39 is 10.0 Å². The van der Waals surface area contributed by atoms with Crippen LogP contribution in [0.25, 0.3) is 0 Å². The van der Waals surface area contributed by atoms with Crippen LogP contribution >= 0.6 is 0 Å². The molecule has 0 aliphatic carbocycles. The number of ketones is 1. The first-order chi connectivity index (χ1) is 14.3. The highest BCUT2D eigenvalue weighted by Crippen LogP contribution is 2.26. The van der Waals surface area contributed by atoms with Gasteiger partial charge in [0.2, 0.25) is 10.0 Å². The van der Waals surface area contributed by atoms with Crippen LogP contribution in [0, 0.1) is 6.92 Å². The van der Waals surface area contributed by atoms with Crippen LogP contribution in [0.2, 0.25) is 0 Å². The van der Waals surface area contributed by atoms with Gasteiger partial charge >= 0.3 is 0 Å². The molecular weight excluding hydrogens is 404 g/mol. The quantitative estimate of drug-likeness (QED) is 0.680. The van der Waals surface area contributed by atoms with Crippen LogP contribution in [-0.2, 0) is 14.8 Å². The van der Waals surface area contributed by atoms with E-state index in [1.807, 2.05) is 0 Å². The molecule has 0 radical (unpaired) electrons. The lowest BCUT2D eigenvalue weighted by molar-refractivity contribution is -0.118. The Morgan fingerprint density at radius 1 is 1.07 bits per heavy atom. The molecule has 30 heavy (non-hydrogen) atoms. The molecule has 0 saturated carbocycles. The lowest BCUT2D eigenvalue weighted by Gasteiger charge is -2.26. The minimum atomic E-state index is -3.51. The summed E-state index contributed by atoms with van der Waals surface area (Å²) in [6, 6.07) is 11.3. The maximum atomic E-state index is 12.8. The van der Waals surface area contributed by atoms with Crippen LogP contribution in [0.15, 0.2) is 47.4 Å². The zero-order chi connectivity index (χ0) is 21.7. The second-order valence-electron chi connectivity index (χ2n) is 7.37. The fourth-order valence-electron chi connectivity index (χ4n) is 3.35. The van der Waals surface area contributed by atoms with Crippen molar-refractivity contribution in [2.24, 2.45) is 0 Å². The number of carbonyl (C=O) groups is 2. The molecule has 1 amide bonds. The van der Waals surface area contributed by atoms with Crippen LogP contribution in [0.5, 0.6) is 5.75 Å². The zero-order valence-corrected chi connectivity index (χ0v) is 18.0. The third-order valence-corrected chi connectivity index (χ3v) is 6.91. The summed E-state index contributed by atoms with van der Waals surface area (Å²) in [6.45, 7) is 4.07. The van der Waals surface area contributed by atoms with Gasteiger partial charge < -0.3 is 10.1 Å². The van der Waals surface area contributed by atoms with Crippen LogP contribution in [0.1, 0.15) is 42.1 Å². The number of nitrogens with zero attached hydrogens (tertiary/aromatic N) is 1. The molecule has 160 valence electrons. The van der Waals surface area contributed by atoms with Crippen LogP contribution < -0.4 is 10.1 Å². The van der Waals surface area contributed by atoms with Crippen molar-refractivity contribution < 1.29 is 22.7 Å². The van der Waals surface area contributed by atoms with E-state index in [-0.39, 0.29) is 23.2 Å². The van der Waals surface area contributed by atoms with Crippen molar-refractivity contribution in [3.05, 3.63) is 53.6 Å². The lowest BCUT2D eigenvalue weighted by Crippen LogP contribution is -2.35. The number of rotatable bonds is 7. The van der Waals surface area contributed by atoms with E-state index >= 15 is 0 Å². The van der Waals surface area contributed by atoms with Crippen molar-refractivity contribution in [3.63, 3.8) is 0 Å². The standard InChI is InChI=1S/C22H26N2O5S/c1-16-13-20(30(27,28)24-11-4-3-5-12-24)9-10-21(16)29-15-22(26)23-19-8-6-7-18(14-19)17(2)25/h6-10,13-14H,3-5,11-12,15H2,1-2H3,(H,23,26). The molecular formula is C22H26N2O5S. The molecule has 3 rings (SSSR count). The molecule has 0 atom stereocenters. The Morgan fingerprint density at radius 3 is 2.47 bits per heavy atom. The molecule has 1 fully saturated rings. The first-order valence-corrected chi connectivity index (χ1v) is 11.4. The number of aryl methyl sites for hydroxylation is 1. The maximum Gasteiger partial charge on any atom is 0.262 e. The van der Waals surface area contributed by atoms with Gasteiger partial charge in [-0.05, 0) is 62.6 Å². The summed E-state index contributed by atoms with van der Waals surface area (Å²) >= 11 is 0. The summed E-state index contributed by atoms with van der Waals surface area (Å²) < 4.78 is 32.7. The highest BCUT2D eigenvalue weighted by atomic mass is 32.2. The van der Waals surface area contributed by atoms with E-state index in [9.17, 15) is 18.0 Å². The number of hydrogen-bond acceptors (Lipinski definition) is 5. The number of sulfonamides is 1. The molecule has 1 saturated heterocycles. The molecule has 1 N–H and O–H groups in total. The summed E-state index contributed by atoms with van der Waals surface area (Å²) in [5.74, 6) is -0.0158. The lowest BCUT2D eigenvalue weighted by atomic mass is 10.1. The van der Waals surface area contributed by atoms with Crippen LogP contribution in [-0.4, -0.2) is 44.1 Å². The number of anilines is 1. The van der Waals surface area contributed by atoms with Gasteiger partial charge in [-0.2, -0.15) is 4.31 Å². The van der Waals surface area contributed by atoms with Crippen molar-refractivity contribution in [2.45, 2.75) is 38.0 Å². The van der Waals surface area contributed by atoms with Crippen molar-refractivity contribution in [1.29, 1.82) is 0 Å². The third-order valence-electron chi connectivity index (χ3n) is 5.01. The second kappa shape index (κ2) is 9.40. The SMILES string of the molecule is CC(=O)c1cccc(NC(=O)COc2ccc(S(=O)(=O)N3CCCCC3)cc2C)c1. The summed E-state index contributed by atoms with van der Waals surface area (Å²) in [5, 5.41) is 2.69. The second-order valence-corrected chi connectivity index (χ2v) is 9.30. The predicted molar refractivity (Wildman–Crippen MR) is 114 cm³/mol. The third kappa shape index (κ3) is 5.25. The minimum absolute atomic E-state index is 0.0856. The Morgan fingerprint density at radius 2 is 1.80 bits per heavy atom. The van der Waals surface area contributed by atoms with Gasteiger partial charge in [-0.15, -0.1) is 0 Å². The first-order valence-electron chi connectivity index (χ1n) is 9.92. The van der Waals surface area contributed by atoms with Gasteiger partial charge in [0.1, 0.15) is 5.75 Å². The van der Waals surface area contributed by atoms with Gasteiger partial charge in [0, 0.05) is 24.3 Å². The molecule has 0 unspecified atom stereocenters. The topological polar surface area (TPSA) is 92.8 Å². The number of carbonyl (C=O) groups excluding carboxylic acids is 2. The largest absolute Gasteiger partial charge is 0.483 e. The molecule has 8 heteroatoms. The van der Waals surface area contributed by atoms with Gasteiger partial charge in [0.05, 0.1) is 4.90 Å². The highest BCUT2D eigenvalue weighted by Gasteiger charge is 2.26. The van der Waals surface area contributed by atoms with Gasteiger partial charge in [-0.3, -0.25) is 9.59 Å². The number of Topliss-reactive ketones (excluding diaryl/α,β-unsaturated/α-hetero) is 1. The normalized spacial score (nSPS) is 14.9. The van der Waals surface area contributed by atoms with Gasteiger partial charge in [-0.1, -0.05) is 18.6 Å². The monoisotopic (exact) mass is 430 g/mol. The smallest absolute Gasteiger partial charge is 0.262 e. The number of ether oxygens (including phenoxy) is 1. The first kappa shape index (κ1) is 22.0. The molecule has 0 bridgehead atoms. The number of nitrogens with one attached hydrogen (secondary N) is 1. The Kier molecular flexibility index (Phi) is 6.89. The van der Waals surface area contributed by atoms with Crippen molar-refractivity contribution in [2.75, 3.05) is 25.0 Å². The van der Waals surface area contributed by atoms with Crippen LogP contribution in [0.4, 0.5) is 5.69 Å². The fraction of sp³-hybridized carbons (Fsp3) is 0.364. The Balaban J connectivity index is 1.62. The molecule has 1 aliphatic heterocycles. The average Bonchev–Trinajstić information content (AvgIpc) is 2.73. The van der Waals surface area contributed by atoms with Crippen molar-refractivity contribution >= 4 is 27.4 Å². The molecule has 0 aromatic heterocycles. The predicted octanol–water partition coefficient (Wildman–Crippen LogP) is 3.39. The van der Waals surface area contributed by atoms with E-state index in [1.54, 1.807) is 43.3 Å². The molecule has 1 heterocycles. The zero-order valence-electron chi connectivity index (χ0n) is 17.2. The van der Waals surface area contributed by atoms with E-state index in [0.717, 1.165) is 19.3 Å². The highest BCUT2D eigenvalue weighted by molar-refractivity contribution is 7.89. The average molecular weight is 431 g/mol.